The fourth-order valence-electron chi connectivity index (χ4n) is 4.14. The third-order valence-corrected chi connectivity index (χ3v) is 8.12. The first-order valence-electron chi connectivity index (χ1n) is 11.6. The van der Waals surface area contributed by atoms with Crippen molar-refractivity contribution in [1.29, 1.82) is 0 Å². The molecule has 39 heavy (non-hydrogen) atoms. The van der Waals surface area contributed by atoms with Crippen LogP contribution in [0.15, 0.2) is 57.8 Å². The minimum Gasteiger partial charge on any atom is -0.480 e. The zero-order chi connectivity index (χ0) is 28.4. The lowest BCUT2D eigenvalue weighted by atomic mass is 9.91. The van der Waals surface area contributed by atoms with E-state index in [2.05, 4.69) is 11.2 Å². The van der Waals surface area contributed by atoms with E-state index in [4.69, 9.17) is 16.3 Å². The molecule has 4 rings (SSSR count). The van der Waals surface area contributed by atoms with E-state index in [1.165, 1.54) is 30.3 Å². The van der Waals surface area contributed by atoms with E-state index in [1.807, 2.05) is 0 Å². The van der Waals surface area contributed by atoms with Crippen molar-refractivity contribution >= 4 is 44.5 Å². The maximum atomic E-state index is 13.5. The number of terminal acetylenes is 1. The lowest BCUT2D eigenvalue weighted by Gasteiger charge is -2.24. The highest BCUT2D eigenvalue weighted by Gasteiger charge is 2.41. The summed E-state index contributed by atoms with van der Waals surface area (Å²) in [6.45, 7) is -0.647. The quantitative estimate of drug-likeness (QED) is 0.375. The van der Waals surface area contributed by atoms with Crippen molar-refractivity contribution in [1.82, 2.24) is 4.90 Å². The van der Waals surface area contributed by atoms with Crippen molar-refractivity contribution in [2.24, 2.45) is 5.14 Å². The topological polar surface area (TPSA) is 136 Å². The first-order chi connectivity index (χ1) is 18.4. The molecule has 204 valence electrons. The van der Waals surface area contributed by atoms with Gasteiger partial charge in [0.1, 0.15) is 18.9 Å². The van der Waals surface area contributed by atoms with Crippen LogP contribution in [0.4, 0.5) is 19.3 Å². The zero-order valence-electron chi connectivity index (χ0n) is 20.4. The highest BCUT2D eigenvalue weighted by atomic mass is 32.2. The van der Waals surface area contributed by atoms with E-state index in [0.717, 1.165) is 4.90 Å². The standard InChI is InChI=1S/C26H23F2N3O6S2/c1-2-13-37-21-14-18(5-8-20(21)16-3-6-19(7-4-16)39(29,35)36)30-22(32)15-31-24(33)23(38-25(31)34)17-9-11-26(27,28)12-10-17/h1,3-8,14H,9-13,15H2,(H,30,32)(H2,29,35,36). The number of ether oxygens (including phenoxy) is 1. The molecule has 1 saturated carbocycles. The summed E-state index contributed by atoms with van der Waals surface area (Å²) in [4.78, 5) is 38.8. The molecular weight excluding hydrogens is 552 g/mol. The SMILES string of the molecule is C#CCOc1cc(NC(=O)CN2C(=O)SC(=C3CCC(F)(F)CC3)C2=O)ccc1-c1ccc(S(N)(=O)=O)cc1. The average Bonchev–Trinajstić information content (AvgIpc) is 3.15. The van der Waals surface area contributed by atoms with Crippen LogP contribution in [0.25, 0.3) is 11.1 Å². The normalized spacial score (nSPS) is 17.2. The van der Waals surface area contributed by atoms with Gasteiger partial charge in [0.05, 0.1) is 9.80 Å². The van der Waals surface area contributed by atoms with Crippen molar-refractivity contribution in [3.05, 3.63) is 52.9 Å². The van der Waals surface area contributed by atoms with Gasteiger partial charge < -0.3 is 10.1 Å². The van der Waals surface area contributed by atoms with Gasteiger partial charge in [-0.25, -0.2) is 22.3 Å². The first-order valence-corrected chi connectivity index (χ1v) is 14.0. The molecular formula is C26H23F2N3O6S2. The minimum absolute atomic E-state index is 0.0198. The van der Waals surface area contributed by atoms with Gasteiger partial charge in [0.15, 0.2) is 0 Å². The molecule has 0 aromatic heterocycles. The van der Waals surface area contributed by atoms with Gasteiger partial charge >= 0.3 is 0 Å². The summed E-state index contributed by atoms with van der Waals surface area (Å²) in [5.41, 5.74) is 1.95. The van der Waals surface area contributed by atoms with Gasteiger partial charge in [-0.05, 0) is 54.4 Å². The van der Waals surface area contributed by atoms with Crippen molar-refractivity contribution in [3.8, 4) is 29.2 Å². The average molecular weight is 576 g/mol. The predicted octanol–water partition coefficient (Wildman–Crippen LogP) is 4.11. The summed E-state index contributed by atoms with van der Waals surface area (Å²) in [5.74, 6) is -1.48. The number of anilines is 1. The van der Waals surface area contributed by atoms with Crippen molar-refractivity contribution in [3.63, 3.8) is 0 Å². The Bertz CT molecular complexity index is 1500. The molecule has 0 bridgehead atoms. The van der Waals surface area contributed by atoms with Gasteiger partial charge in [0, 0.05) is 30.2 Å². The van der Waals surface area contributed by atoms with E-state index in [0.29, 0.717) is 34.2 Å². The summed E-state index contributed by atoms with van der Waals surface area (Å²) in [7, 11) is -3.87. The van der Waals surface area contributed by atoms with Crippen LogP contribution in [0.1, 0.15) is 25.7 Å². The molecule has 9 nitrogen and oxygen atoms in total. The Labute approximate surface area is 227 Å². The zero-order valence-corrected chi connectivity index (χ0v) is 22.0. The van der Waals surface area contributed by atoms with Crippen LogP contribution in [-0.2, 0) is 19.6 Å². The molecule has 0 unspecified atom stereocenters. The van der Waals surface area contributed by atoms with E-state index in [9.17, 15) is 31.6 Å². The molecule has 0 spiro atoms. The van der Waals surface area contributed by atoms with Crippen molar-refractivity contribution in [2.75, 3.05) is 18.5 Å². The van der Waals surface area contributed by atoms with Gasteiger partial charge in [-0.3, -0.25) is 19.3 Å². The second-order valence-corrected chi connectivity index (χ2v) is 11.4. The summed E-state index contributed by atoms with van der Waals surface area (Å²) < 4.78 is 55.6. The van der Waals surface area contributed by atoms with Crippen LogP contribution < -0.4 is 15.2 Å². The summed E-state index contributed by atoms with van der Waals surface area (Å²) in [6, 6.07) is 10.4. The lowest BCUT2D eigenvalue weighted by molar-refractivity contribution is -0.127. The number of thioether (sulfide) groups is 1. The number of benzene rings is 2. The Morgan fingerprint density at radius 2 is 1.82 bits per heavy atom. The number of carbonyl (C=O) groups excluding carboxylic acids is 3. The van der Waals surface area contributed by atoms with E-state index < -0.39 is 39.5 Å². The van der Waals surface area contributed by atoms with Gasteiger partial charge in [0.2, 0.25) is 21.9 Å². The Kier molecular flexibility index (Phi) is 8.10. The van der Waals surface area contributed by atoms with Crippen LogP contribution in [0.5, 0.6) is 5.75 Å². The highest BCUT2D eigenvalue weighted by molar-refractivity contribution is 8.18. The number of halogens is 2. The van der Waals surface area contributed by atoms with Crippen LogP contribution >= 0.6 is 11.8 Å². The number of nitrogens with two attached hydrogens (primary N) is 1. The van der Waals surface area contributed by atoms with Crippen LogP contribution in [0, 0.1) is 12.3 Å². The van der Waals surface area contributed by atoms with Crippen LogP contribution in [-0.4, -0.2) is 49.4 Å². The Morgan fingerprint density at radius 3 is 2.44 bits per heavy atom. The van der Waals surface area contributed by atoms with E-state index >= 15 is 0 Å². The molecule has 0 radical (unpaired) electrons. The number of carbonyl (C=O) groups is 3. The van der Waals surface area contributed by atoms with E-state index in [1.54, 1.807) is 12.1 Å². The number of hydrogen-bond donors (Lipinski definition) is 2. The monoisotopic (exact) mass is 575 g/mol. The number of nitrogens with zero attached hydrogens (tertiary/aromatic N) is 1. The van der Waals surface area contributed by atoms with E-state index in [-0.39, 0.29) is 47.8 Å². The molecule has 2 fully saturated rings. The number of nitrogens with one attached hydrogen (secondary N) is 1. The maximum absolute atomic E-state index is 13.5. The first kappa shape index (κ1) is 28.3. The van der Waals surface area contributed by atoms with Gasteiger partial charge in [0.25, 0.3) is 11.1 Å². The van der Waals surface area contributed by atoms with Gasteiger partial charge in [-0.15, -0.1) is 6.42 Å². The highest BCUT2D eigenvalue weighted by Crippen LogP contribution is 2.42. The Morgan fingerprint density at radius 1 is 1.15 bits per heavy atom. The second kappa shape index (κ2) is 11.2. The van der Waals surface area contributed by atoms with Crippen LogP contribution in [0.2, 0.25) is 0 Å². The molecule has 1 aliphatic carbocycles. The number of hydrogen-bond acceptors (Lipinski definition) is 7. The van der Waals surface area contributed by atoms with Crippen LogP contribution in [0.3, 0.4) is 0 Å². The fraction of sp³-hybridized carbons (Fsp3) is 0.269. The lowest BCUT2D eigenvalue weighted by Crippen LogP contribution is -2.36. The molecule has 2 aromatic carbocycles. The number of imide groups is 1. The third-order valence-electron chi connectivity index (χ3n) is 6.13. The molecule has 1 heterocycles. The molecule has 0 atom stereocenters. The second-order valence-electron chi connectivity index (χ2n) is 8.87. The molecule has 1 saturated heterocycles. The Hall–Kier alpha value is -3.73. The number of sulfonamides is 1. The smallest absolute Gasteiger partial charge is 0.294 e. The molecule has 13 heteroatoms. The summed E-state index contributed by atoms with van der Waals surface area (Å²) in [5, 5.41) is 7.10. The fourth-order valence-corrected chi connectivity index (χ4v) is 5.64. The number of alkyl halides is 2. The molecule has 2 aliphatic rings. The number of amides is 3. The predicted molar refractivity (Wildman–Crippen MR) is 141 cm³/mol. The molecule has 2 aromatic rings. The molecule has 3 amide bonds. The summed E-state index contributed by atoms with van der Waals surface area (Å²) >= 11 is 0.658. The molecule has 3 N–H and O–H groups in total. The van der Waals surface area contributed by atoms with Crippen molar-refractivity contribution < 1.29 is 36.3 Å². The largest absolute Gasteiger partial charge is 0.480 e. The third kappa shape index (κ3) is 6.65. The Balaban J connectivity index is 1.48. The summed E-state index contributed by atoms with van der Waals surface area (Å²) in [6.07, 6.45) is 4.58. The minimum atomic E-state index is -3.87. The maximum Gasteiger partial charge on any atom is 0.294 e. The van der Waals surface area contributed by atoms with Gasteiger partial charge in [-0.2, -0.15) is 0 Å². The van der Waals surface area contributed by atoms with Crippen molar-refractivity contribution in [2.45, 2.75) is 36.5 Å². The van der Waals surface area contributed by atoms with Gasteiger partial charge in [-0.1, -0.05) is 23.6 Å². The molecule has 1 aliphatic heterocycles. The number of primary sulfonamides is 1. The number of rotatable bonds is 7. The number of allylic oxidation sites excluding steroid dienone is 1.